The topological polar surface area (TPSA) is 80.2 Å². The van der Waals surface area contributed by atoms with Gasteiger partial charge in [-0.15, -0.1) is 0 Å². The number of hydrogen-bond acceptors (Lipinski definition) is 5. The summed E-state index contributed by atoms with van der Waals surface area (Å²) in [5.74, 6) is -0.342. The van der Waals surface area contributed by atoms with E-state index >= 15 is 0 Å². The van der Waals surface area contributed by atoms with Gasteiger partial charge in [-0.3, -0.25) is 4.79 Å². The molecule has 2 heterocycles. The summed E-state index contributed by atoms with van der Waals surface area (Å²) < 4.78 is 22.9. The van der Waals surface area contributed by atoms with E-state index in [4.69, 9.17) is 11.6 Å². The molecule has 1 amide bonds. The Kier molecular flexibility index (Phi) is 3.54. The van der Waals surface area contributed by atoms with Crippen molar-refractivity contribution < 1.29 is 13.2 Å². The summed E-state index contributed by atoms with van der Waals surface area (Å²) in [6, 6.07) is -0.353. The van der Waals surface area contributed by atoms with E-state index in [-0.39, 0.29) is 40.8 Å². The van der Waals surface area contributed by atoms with E-state index in [2.05, 4.69) is 9.97 Å². The molecular formula is C10H12ClN3O3S. The van der Waals surface area contributed by atoms with Gasteiger partial charge in [-0.1, -0.05) is 11.6 Å². The lowest BCUT2D eigenvalue weighted by atomic mass is 10.2. The maximum atomic E-state index is 12.1. The molecule has 0 bridgehead atoms. The minimum atomic E-state index is -3.04. The number of aromatic nitrogens is 2. The molecule has 0 aromatic carbocycles. The number of carbonyl (C=O) groups excluding carboxylic acids is 1. The van der Waals surface area contributed by atoms with Gasteiger partial charge < -0.3 is 4.90 Å². The first-order chi connectivity index (χ1) is 8.39. The zero-order valence-electron chi connectivity index (χ0n) is 9.71. The zero-order chi connectivity index (χ0) is 13.3. The summed E-state index contributed by atoms with van der Waals surface area (Å²) >= 11 is 5.59. The number of amides is 1. The first kappa shape index (κ1) is 13.2. The molecule has 0 aliphatic carbocycles. The highest BCUT2D eigenvalue weighted by molar-refractivity contribution is 7.91. The van der Waals surface area contributed by atoms with Crippen LogP contribution in [0.2, 0.25) is 5.15 Å². The van der Waals surface area contributed by atoms with Gasteiger partial charge in [0.05, 0.1) is 23.9 Å². The summed E-state index contributed by atoms with van der Waals surface area (Å²) in [7, 11) is -3.04. The molecular weight excluding hydrogens is 278 g/mol. The fraction of sp³-hybridized carbons (Fsp3) is 0.500. The van der Waals surface area contributed by atoms with E-state index in [1.165, 1.54) is 17.3 Å². The van der Waals surface area contributed by atoms with Gasteiger partial charge in [-0.05, 0) is 6.92 Å². The fourth-order valence-corrected chi connectivity index (χ4v) is 3.52. The second-order valence-corrected chi connectivity index (χ2v) is 6.80. The van der Waals surface area contributed by atoms with Crippen LogP contribution < -0.4 is 0 Å². The fourth-order valence-electron chi connectivity index (χ4n) is 1.87. The van der Waals surface area contributed by atoms with Gasteiger partial charge in [0.1, 0.15) is 10.8 Å². The predicted molar refractivity (Wildman–Crippen MR) is 66.2 cm³/mol. The van der Waals surface area contributed by atoms with E-state index in [0.29, 0.717) is 0 Å². The largest absolute Gasteiger partial charge is 0.333 e. The van der Waals surface area contributed by atoms with Crippen molar-refractivity contribution in [2.24, 2.45) is 0 Å². The number of sulfone groups is 1. The second-order valence-electron chi connectivity index (χ2n) is 4.19. The van der Waals surface area contributed by atoms with Gasteiger partial charge in [0, 0.05) is 12.6 Å². The van der Waals surface area contributed by atoms with E-state index in [1.807, 2.05) is 0 Å². The summed E-state index contributed by atoms with van der Waals surface area (Å²) in [5.41, 5.74) is 0.172. The molecule has 2 rings (SSSR count). The van der Waals surface area contributed by atoms with Gasteiger partial charge in [-0.25, -0.2) is 18.4 Å². The van der Waals surface area contributed by atoms with Crippen LogP contribution in [0.1, 0.15) is 17.4 Å². The lowest BCUT2D eigenvalue weighted by Gasteiger charge is -2.32. The molecule has 1 aliphatic rings. The third-order valence-corrected chi connectivity index (χ3v) is 4.76. The van der Waals surface area contributed by atoms with Crippen molar-refractivity contribution in [3.63, 3.8) is 0 Å². The maximum Gasteiger partial charge on any atom is 0.274 e. The smallest absolute Gasteiger partial charge is 0.274 e. The quantitative estimate of drug-likeness (QED) is 0.747. The Morgan fingerprint density at radius 3 is 2.72 bits per heavy atom. The molecule has 0 saturated carbocycles. The Labute approximate surface area is 110 Å². The lowest BCUT2D eigenvalue weighted by Crippen LogP contribution is -2.49. The maximum absolute atomic E-state index is 12.1. The zero-order valence-corrected chi connectivity index (χ0v) is 11.3. The number of hydrogen-bond donors (Lipinski definition) is 0. The molecule has 18 heavy (non-hydrogen) atoms. The molecule has 0 radical (unpaired) electrons. The Balaban J connectivity index is 2.17. The van der Waals surface area contributed by atoms with Gasteiger partial charge >= 0.3 is 0 Å². The highest BCUT2D eigenvalue weighted by Gasteiger charge is 2.32. The van der Waals surface area contributed by atoms with Crippen LogP contribution in [0.25, 0.3) is 0 Å². The first-order valence-corrected chi connectivity index (χ1v) is 7.58. The third kappa shape index (κ3) is 2.78. The molecule has 8 heteroatoms. The van der Waals surface area contributed by atoms with Crippen LogP contribution in [0.5, 0.6) is 0 Å². The summed E-state index contributed by atoms with van der Waals surface area (Å²) in [5, 5.41) is 0.209. The molecule has 6 nitrogen and oxygen atoms in total. The average Bonchev–Trinajstić information content (AvgIpc) is 2.28. The molecule has 1 aromatic heterocycles. The molecule has 1 aromatic rings. The molecule has 1 fully saturated rings. The Hall–Kier alpha value is -1.21. The molecule has 0 spiro atoms. The van der Waals surface area contributed by atoms with Crippen LogP contribution in [-0.4, -0.2) is 53.3 Å². The van der Waals surface area contributed by atoms with Crippen LogP contribution >= 0.6 is 11.6 Å². The Morgan fingerprint density at radius 1 is 1.44 bits per heavy atom. The summed E-state index contributed by atoms with van der Waals surface area (Å²) in [4.78, 5) is 21.3. The molecule has 1 aliphatic heterocycles. The SMILES string of the molecule is CC1CS(=O)(=O)CCN1C(=O)c1cnc(Cl)cn1. The van der Waals surface area contributed by atoms with Crippen molar-refractivity contribution in [2.45, 2.75) is 13.0 Å². The van der Waals surface area contributed by atoms with Crippen molar-refractivity contribution in [1.29, 1.82) is 0 Å². The third-order valence-electron chi connectivity index (χ3n) is 2.77. The van der Waals surface area contributed by atoms with Gasteiger partial charge in [0.2, 0.25) is 0 Å². The van der Waals surface area contributed by atoms with E-state index in [9.17, 15) is 13.2 Å². The number of halogens is 1. The van der Waals surface area contributed by atoms with Crippen molar-refractivity contribution in [2.75, 3.05) is 18.1 Å². The van der Waals surface area contributed by atoms with Crippen LogP contribution in [0.15, 0.2) is 12.4 Å². The van der Waals surface area contributed by atoms with Crippen molar-refractivity contribution >= 4 is 27.3 Å². The van der Waals surface area contributed by atoms with Gasteiger partial charge in [0.15, 0.2) is 9.84 Å². The predicted octanol–water partition coefficient (Wildman–Crippen LogP) is 0.389. The van der Waals surface area contributed by atoms with Gasteiger partial charge in [0.25, 0.3) is 5.91 Å². The van der Waals surface area contributed by atoms with E-state index in [0.717, 1.165) is 0 Å². The van der Waals surface area contributed by atoms with Crippen LogP contribution in [-0.2, 0) is 9.84 Å². The molecule has 1 unspecified atom stereocenters. The van der Waals surface area contributed by atoms with Crippen LogP contribution in [0.3, 0.4) is 0 Å². The summed E-state index contributed by atoms with van der Waals surface area (Å²) in [6.07, 6.45) is 2.58. The van der Waals surface area contributed by atoms with Crippen molar-refractivity contribution in [3.8, 4) is 0 Å². The lowest BCUT2D eigenvalue weighted by molar-refractivity contribution is 0.0706. The van der Waals surface area contributed by atoms with Gasteiger partial charge in [-0.2, -0.15) is 0 Å². The highest BCUT2D eigenvalue weighted by Crippen LogP contribution is 2.14. The van der Waals surface area contributed by atoms with E-state index < -0.39 is 9.84 Å². The molecule has 98 valence electrons. The van der Waals surface area contributed by atoms with Crippen LogP contribution in [0, 0.1) is 0 Å². The monoisotopic (exact) mass is 289 g/mol. The minimum Gasteiger partial charge on any atom is -0.333 e. The summed E-state index contributed by atoms with van der Waals surface area (Å²) in [6.45, 7) is 1.89. The van der Waals surface area contributed by atoms with Crippen LogP contribution in [0.4, 0.5) is 0 Å². The van der Waals surface area contributed by atoms with Crippen molar-refractivity contribution in [1.82, 2.24) is 14.9 Å². The standard InChI is InChI=1S/C10H12ClN3O3S/c1-7-6-18(16,17)3-2-14(7)10(15)8-4-13-9(11)5-12-8/h4-5,7H,2-3,6H2,1H3. The number of carbonyl (C=O) groups is 1. The number of rotatable bonds is 1. The Morgan fingerprint density at radius 2 is 2.17 bits per heavy atom. The Bertz CT molecular complexity index is 558. The average molecular weight is 290 g/mol. The minimum absolute atomic E-state index is 0.00982. The second kappa shape index (κ2) is 4.81. The van der Waals surface area contributed by atoms with E-state index in [1.54, 1.807) is 6.92 Å². The first-order valence-electron chi connectivity index (χ1n) is 5.38. The molecule has 1 atom stereocenters. The van der Waals surface area contributed by atoms with Crippen molar-refractivity contribution in [3.05, 3.63) is 23.2 Å². The highest BCUT2D eigenvalue weighted by atomic mass is 35.5. The normalized spacial score (nSPS) is 22.8. The molecule has 0 N–H and O–H groups in total. The molecule has 1 saturated heterocycles. The number of nitrogens with zero attached hydrogens (tertiary/aromatic N) is 3.